The molecule has 0 aromatic heterocycles. The molecule has 4 heteroatoms. The first kappa shape index (κ1) is 11.2. The Balaban J connectivity index is 3.15. The molecule has 0 aliphatic rings. The third kappa shape index (κ3) is 2.80. The van der Waals surface area contributed by atoms with Crippen molar-refractivity contribution in [3.05, 3.63) is 45.1 Å². The fourth-order valence-corrected chi connectivity index (χ4v) is 1.22. The van der Waals surface area contributed by atoms with Crippen LogP contribution in [0.4, 0.5) is 0 Å². The first-order chi connectivity index (χ1) is 7.04. The smallest absolute Gasteiger partial charge is 0.243 e. The summed E-state index contributed by atoms with van der Waals surface area (Å²) in [4.78, 5) is 10.0. The van der Waals surface area contributed by atoms with Gasteiger partial charge in [-0.1, -0.05) is 12.1 Å². The zero-order valence-corrected chi connectivity index (χ0v) is 8.98. The third-order valence-electron chi connectivity index (χ3n) is 2.04. The number of aryl methyl sites for hydroxylation is 1. The average Bonchev–Trinajstić information content (AvgIpc) is 2.20. The van der Waals surface area contributed by atoms with Crippen molar-refractivity contribution in [3.8, 4) is 5.75 Å². The van der Waals surface area contributed by atoms with E-state index in [-0.39, 0.29) is 5.70 Å². The summed E-state index contributed by atoms with van der Waals surface area (Å²) in [6.07, 6.45) is 1.50. The highest BCUT2D eigenvalue weighted by atomic mass is 16.6. The summed E-state index contributed by atoms with van der Waals surface area (Å²) in [5.41, 5.74) is 1.87. The predicted octanol–water partition coefficient (Wildman–Crippen LogP) is 2.64. The highest BCUT2D eigenvalue weighted by Gasteiger charge is 2.06. The molecular formula is C11H13NO3. The van der Waals surface area contributed by atoms with Crippen molar-refractivity contribution in [2.24, 2.45) is 0 Å². The van der Waals surface area contributed by atoms with E-state index in [1.165, 1.54) is 13.0 Å². The van der Waals surface area contributed by atoms with Gasteiger partial charge in [0.05, 0.1) is 12.0 Å². The van der Waals surface area contributed by atoms with E-state index in [0.29, 0.717) is 5.75 Å². The molecule has 0 aliphatic heterocycles. The Morgan fingerprint density at radius 1 is 1.53 bits per heavy atom. The second-order valence-electron chi connectivity index (χ2n) is 3.29. The molecule has 0 spiro atoms. The standard InChI is InChI=1S/C11H13NO3/c1-8-4-5-10(11(6-8)15-3)7-9(2)12(13)14/h4-7H,1-3H3/b9-7+. The van der Waals surface area contributed by atoms with Gasteiger partial charge in [-0.05, 0) is 18.6 Å². The highest BCUT2D eigenvalue weighted by Crippen LogP contribution is 2.22. The van der Waals surface area contributed by atoms with Gasteiger partial charge < -0.3 is 4.74 Å². The maximum absolute atomic E-state index is 10.5. The van der Waals surface area contributed by atoms with Gasteiger partial charge in [-0.2, -0.15) is 0 Å². The van der Waals surface area contributed by atoms with Gasteiger partial charge in [0, 0.05) is 18.6 Å². The van der Waals surface area contributed by atoms with E-state index in [1.807, 2.05) is 19.1 Å². The average molecular weight is 207 g/mol. The van der Waals surface area contributed by atoms with Crippen molar-refractivity contribution in [1.29, 1.82) is 0 Å². The molecule has 0 amide bonds. The van der Waals surface area contributed by atoms with Crippen molar-refractivity contribution in [2.75, 3.05) is 7.11 Å². The van der Waals surface area contributed by atoms with Crippen LogP contribution in [0, 0.1) is 17.0 Å². The van der Waals surface area contributed by atoms with E-state index < -0.39 is 4.92 Å². The van der Waals surface area contributed by atoms with Gasteiger partial charge in [0.2, 0.25) is 5.70 Å². The van der Waals surface area contributed by atoms with E-state index in [4.69, 9.17) is 4.74 Å². The van der Waals surface area contributed by atoms with Gasteiger partial charge in [-0.15, -0.1) is 0 Å². The minimum atomic E-state index is -0.417. The molecule has 1 aromatic carbocycles. The molecule has 0 unspecified atom stereocenters. The lowest BCUT2D eigenvalue weighted by atomic mass is 10.1. The Kier molecular flexibility index (Phi) is 3.44. The molecule has 0 heterocycles. The maximum Gasteiger partial charge on any atom is 0.243 e. The first-order valence-electron chi connectivity index (χ1n) is 4.52. The minimum Gasteiger partial charge on any atom is -0.496 e. The van der Waals surface area contributed by atoms with Crippen LogP contribution in [0.5, 0.6) is 5.75 Å². The summed E-state index contributed by atoms with van der Waals surface area (Å²) in [5.74, 6) is 0.649. The quantitative estimate of drug-likeness (QED) is 0.565. The van der Waals surface area contributed by atoms with Gasteiger partial charge in [-0.3, -0.25) is 10.1 Å². The maximum atomic E-state index is 10.5. The largest absolute Gasteiger partial charge is 0.496 e. The first-order valence-corrected chi connectivity index (χ1v) is 4.52. The zero-order chi connectivity index (χ0) is 11.4. The van der Waals surface area contributed by atoms with Crippen LogP contribution in [-0.4, -0.2) is 12.0 Å². The lowest BCUT2D eigenvalue weighted by Crippen LogP contribution is -1.94. The molecule has 80 valence electrons. The summed E-state index contributed by atoms with van der Waals surface area (Å²) >= 11 is 0. The second kappa shape index (κ2) is 4.59. The van der Waals surface area contributed by atoms with Crippen LogP contribution in [0.3, 0.4) is 0 Å². The number of nitro groups is 1. The summed E-state index contributed by atoms with van der Waals surface area (Å²) < 4.78 is 5.14. The zero-order valence-electron chi connectivity index (χ0n) is 8.98. The summed E-state index contributed by atoms with van der Waals surface area (Å²) in [7, 11) is 1.55. The number of hydrogen-bond donors (Lipinski definition) is 0. The van der Waals surface area contributed by atoms with Crippen LogP contribution in [0.2, 0.25) is 0 Å². The van der Waals surface area contributed by atoms with Gasteiger partial charge in [-0.25, -0.2) is 0 Å². The van der Waals surface area contributed by atoms with E-state index >= 15 is 0 Å². The van der Waals surface area contributed by atoms with Crippen LogP contribution < -0.4 is 4.74 Å². The van der Waals surface area contributed by atoms with Crippen LogP contribution in [0.15, 0.2) is 23.9 Å². The summed E-state index contributed by atoms with van der Waals surface area (Å²) in [6.45, 7) is 3.40. The van der Waals surface area contributed by atoms with Crippen LogP contribution in [0.1, 0.15) is 18.1 Å². The summed E-state index contributed by atoms with van der Waals surface area (Å²) in [6, 6.07) is 5.54. The lowest BCUT2D eigenvalue weighted by molar-refractivity contribution is -0.422. The van der Waals surface area contributed by atoms with Gasteiger partial charge in [0.1, 0.15) is 5.75 Å². The van der Waals surface area contributed by atoms with Crippen molar-refractivity contribution in [1.82, 2.24) is 0 Å². The van der Waals surface area contributed by atoms with Crippen LogP contribution in [0.25, 0.3) is 6.08 Å². The molecule has 0 saturated carbocycles. The molecular weight excluding hydrogens is 194 g/mol. The molecule has 0 aliphatic carbocycles. The van der Waals surface area contributed by atoms with Crippen molar-refractivity contribution in [2.45, 2.75) is 13.8 Å². The topological polar surface area (TPSA) is 52.4 Å². The Bertz CT molecular complexity index is 410. The number of ether oxygens (including phenoxy) is 1. The minimum absolute atomic E-state index is 0.0946. The fourth-order valence-electron chi connectivity index (χ4n) is 1.22. The van der Waals surface area contributed by atoms with E-state index in [9.17, 15) is 10.1 Å². The van der Waals surface area contributed by atoms with E-state index in [2.05, 4.69) is 0 Å². The van der Waals surface area contributed by atoms with Gasteiger partial charge >= 0.3 is 0 Å². The number of methoxy groups -OCH3 is 1. The molecule has 0 bridgehead atoms. The fraction of sp³-hybridized carbons (Fsp3) is 0.273. The second-order valence-corrected chi connectivity index (χ2v) is 3.29. The molecule has 0 atom stereocenters. The molecule has 15 heavy (non-hydrogen) atoms. The molecule has 0 radical (unpaired) electrons. The molecule has 0 N–H and O–H groups in total. The lowest BCUT2D eigenvalue weighted by Gasteiger charge is -2.05. The Morgan fingerprint density at radius 2 is 2.20 bits per heavy atom. The molecule has 0 fully saturated rings. The Labute approximate surface area is 88.3 Å². The van der Waals surface area contributed by atoms with E-state index in [1.54, 1.807) is 13.2 Å². The Morgan fingerprint density at radius 3 is 2.73 bits per heavy atom. The van der Waals surface area contributed by atoms with Crippen LogP contribution in [-0.2, 0) is 0 Å². The van der Waals surface area contributed by atoms with Gasteiger partial charge in [0.15, 0.2) is 0 Å². The number of allylic oxidation sites excluding steroid dienone is 1. The molecule has 4 nitrogen and oxygen atoms in total. The van der Waals surface area contributed by atoms with Crippen LogP contribution >= 0.6 is 0 Å². The number of rotatable bonds is 3. The van der Waals surface area contributed by atoms with Crippen molar-refractivity contribution >= 4 is 6.08 Å². The van der Waals surface area contributed by atoms with E-state index in [0.717, 1.165) is 11.1 Å². The van der Waals surface area contributed by atoms with Gasteiger partial charge in [0.25, 0.3) is 0 Å². The monoisotopic (exact) mass is 207 g/mol. The number of nitrogens with zero attached hydrogens (tertiary/aromatic N) is 1. The number of benzene rings is 1. The predicted molar refractivity (Wildman–Crippen MR) is 58.4 cm³/mol. The highest BCUT2D eigenvalue weighted by molar-refractivity contribution is 5.59. The Hall–Kier alpha value is -1.84. The van der Waals surface area contributed by atoms with Crippen molar-refractivity contribution < 1.29 is 9.66 Å². The summed E-state index contributed by atoms with van der Waals surface area (Å²) in [5, 5.41) is 10.5. The SMILES string of the molecule is COc1cc(C)ccc1/C=C(\C)[N+](=O)[O-]. The molecule has 1 rings (SSSR count). The normalized spacial score (nSPS) is 11.3. The molecule has 1 aromatic rings. The van der Waals surface area contributed by atoms with Crippen molar-refractivity contribution in [3.63, 3.8) is 0 Å². The molecule has 0 saturated heterocycles. The number of hydrogen-bond acceptors (Lipinski definition) is 3. The third-order valence-corrected chi connectivity index (χ3v) is 2.04.